The lowest BCUT2D eigenvalue weighted by Crippen LogP contribution is -2.32. The van der Waals surface area contributed by atoms with Gasteiger partial charge in [0.05, 0.1) is 23.5 Å². The van der Waals surface area contributed by atoms with E-state index in [1.54, 1.807) is 17.2 Å². The molecule has 1 aliphatic rings. The van der Waals surface area contributed by atoms with E-state index >= 15 is 0 Å². The summed E-state index contributed by atoms with van der Waals surface area (Å²) >= 11 is 0. The third-order valence-corrected chi connectivity index (χ3v) is 4.76. The minimum Gasteiger partial charge on any atom is -0.298 e. The Morgan fingerprint density at radius 2 is 2.12 bits per heavy atom. The molecule has 1 aromatic carbocycles. The average Bonchev–Trinajstić information content (AvgIpc) is 3.27. The van der Waals surface area contributed by atoms with Crippen molar-refractivity contribution in [3.8, 4) is 0 Å². The summed E-state index contributed by atoms with van der Waals surface area (Å²) in [4.78, 5) is 23.8. The molecule has 124 valence electrons. The van der Waals surface area contributed by atoms with Crippen LogP contribution < -0.4 is 5.56 Å². The number of fused-ring (bicyclic) bond motifs is 1. The summed E-state index contributed by atoms with van der Waals surface area (Å²) in [5.74, 6) is 0.856. The summed E-state index contributed by atoms with van der Waals surface area (Å²) in [6.07, 6.45) is 5.42. The van der Waals surface area contributed by atoms with Crippen LogP contribution in [0.15, 0.2) is 41.7 Å². The van der Waals surface area contributed by atoms with E-state index < -0.39 is 0 Å². The van der Waals surface area contributed by atoms with Crippen LogP contribution in [0.5, 0.6) is 0 Å². The van der Waals surface area contributed by atoms with Crippen molar-refractivity contribution < 1.29 is 0 Å². The van der Waals surface area contributed by atoms with Gasteiger partial charge >= 0.3 is 0 Å². The van der Waals surface area contributed by atoms with Crippen LogP contribution in [0.3, 0.4) is 0 Å². The third kappa shape index (κ3) is 2.60. The number of benzene rings is 1. The van der Waals surface area contributed by atoms with Gasteiger partial charge in [0.25, 0.3) is 5.56 Å². The Morgan fingerprint density at radius 1 is 1.25 bits per heavy atom. The van der Waals surface area contributed by atoms with Gasteiger partial charge in [0.15, 0.2) is 0 Å². The standard InChI is InChI=1S/C17H20N6O/c1-21-16(20-14-6-3-2-5-13(14)17(21)24)15-7-4-8-22(15)9-10-23-12-18-11-19-23/h2-3,5-6,11-12,15H,4,7-10H2,1H3. The molecular weight excluding hydrogens is 304 g/mol. The van der Waals surface area contributed by atoms with Gasteiger partial charge in [-0.25, -0.2) is 9.97 Å². The Balaban J connectivity index is 1.65. The van der Waals surface area contributed by atoms with E-state index in [-0.39, 0.29) is 11.6 Å². The van der Waals surface area contributed by atoms with Gasteiger partial charge < -0.3 is 0 Å². The first-order chi connectivity index (χ1) is 11.7. The van der Waals surface area contributed by atoms with Gasteiger partial charge in [0, 0.05) is 13.6 Å². The first kappa shape index (κ1) is 15.0. The average molecular weight is 324 g/mol. The van der Waals surface area contributed by atoms with E-state index in [0.717, 1.165) is 43.8 Å². The van der Waals surface area contributed by atoms with Crippen LogP contribution in [0.4, 0.5) is 0 Å². The van der Waals surface area contributed by atoms with E-state index in [1.165, 1.54) is 0 Å². The van der Waals surface area contributed by atoms with Crippen molar-refractivity contribution in [2.75, 3.05) is 13.1 Å². The van der Waals surface area contributed by atoms with Crippen molar-refractivity contribution in [2.24, 2.45) is 7.05 Å². The monoisotopic (exact) mass is 324 g/mol. The molecule has 0 bridgehead atoms. The molecule has 24 heavy (non-hydrogen) atoms. The van der Waals surface area contributed by atoms with E-state index in [4.69, 9.17) is 4.98 Å². The van der Waals surface area contributed by atoms with E-state index in [9.17, 15) is 4.79 Å². The molecule has 0 aliphatic carbocycles. The fraction of sp³-hybridized carbons (Fsp3) is 0.412. The maximum absolute atomic E-state index is 12.6. The quantitative estimate of drug-likeness (QED) is 0.725. The molecule has 0 radical (unpaired) electrons. The second kappa shape index (κ2) is 6.16. The molecule has 1 aliphatic heterocycles. The molecule has 0 saturated carbocycles. The van der Waals surface area contributed by atoms with Gasteiger partial charge in [-0.1, -0.05) is 12.1 Å². The van der Waals surface area contributed by atoms with Crippen molar-refractivity contribution in [3.05, 3.63) is 53.1 Å². The fourth-order valence-corrected chi connectivity index (χ4v) is 3.50. The van der Waals surface area contributed by atoms with Gasteiger partial charge in [-0.3, -0.25) is 18.9 Å². The second-order valence-corrected chi connectivity index (χ2v) is 6.20. The Kier molecular flexibility index (Phi) is 3.86. The number of rotatable bonds is 4. The highest BCUT2D eigenvalue weighted by molar-refractivity contribution is 5.77. The molecule has 1 atom stereocenters. The molecule has 7 heteroatoms. The molecule has 1 fully saturated rings. The molecule has 1 saturated heterocycles. The second-order valence-electron chi connectivity index (χ2n) is 6.20. The molecule has 2 aromatic heterocycles. The Morgan fingerprint density at radius 3 is 2.96 bits per heavy atom. The minimum absolute atomic E-state index is 0.0266. The number of likely N-dealkylation sites (tertiary alicyclic amines) is 1. The molecular formula is C17H20N6O. The van der Waals surface area contributed by atoms with Crippen LogP contribution in [-0.4, -0.2) is 42.3 Å². The largest absolute Gasteiger partial charge is 0.298 e. The normalized spacial score (nSPS) is 18.5. The number of para-hydroxylation sites is 1. The van der Waals surface area contributed by atoms with E-state index in [1.807, 2.05) is 36.0 Å². The predicted octanol–water partition coefficient (Wildman–Crippen LogP) is 1.36. The maximum Gasteiger partial charge on any atom is 0.261 e. The minimum atomic E-state index is 0.0266. The molecule has 0 amide bonds. The molecule has 4 rings (SSSR count). The SMILES string of the molecule is Cn1c(C2CCCN2CCn2cncn2)nc2ccccc2c1=O. The highest BCUT2D eigenvalue weighted by Crippen LogP contribution is 2.30. The number of nitrogens with zero attached hydrogens (tertiary/aromatic N) is 6. The molecule has 3 heterocycles. The van der Waals surface area contributed by atoms with Crippen LogP contribution in [0.1, 0.15) is 24.7 Å². The summed E-state index contributed by atoms with van der Waals surface area (Å²) in [5, 5.41) is 4.83. The van der Waals surface area contributed by atoms with Crippen molar-refractivity contribution in [1.29, 1.82) is 0 Å². The van der Waals surface area contributed by atoms with Crippen LogP contribution in [0.2, 0.25) is 0 Å². The van der Waals surface area contributed by atoms with Crippen molar-refractivity contribution in [3.63, 3.8) is 0 Å². The topological polar surface area (TPSA) is 68.8 Å². The lowest BCUT2D eigenvalue weighted by atomic mass is 10.1. The first-order valence-electron chi connectivity index (χ1n) is 8.26. The molecule has 3 aromatic rings. The summed E-state index contributed by atoms with van der Waals surface area (Å²) in [6, 6.07) is 7.73. The van der Waals surface area contributed by atoms with Gasteiger partial charge in [-0.05, 0) is 31.5 Å². The zero-order chi connectivity index (χ0) is 16.5. The van der Waals surface area contributed by atoms with Crippen LogP contribution in [0, 0.1) is 0 Å². The smallest absolute Gasteiger partial charge is 0.261 e. The van der Waals surface area contributed by atoms with Crippen LogP contribution >= 0.6 is 0 Å². The molecule has 0 N–H and O–H groups in total. The van der Waals surface area contributed by atoms with Crippen LogP contribution in [0.25, 0.3) is 10.9 Å². The zero-order valence-electron chi connectivity index (χ0n) is 13.7. The lowest BCUT2D eigenvalue weighted by molar-refractivity contribution is 0.230. The van der Waals surface area contributed by atoms with Crippen molar-refractivity contribution in [2.45, 2.75) is 25.4 Å². The summed E-state index contributed by atoms with van der Waals surface area (Å²) < 4.78 is 3.54. The zero-order valence-corrected chi connectivity index (χ0v) is 13.7. The number of hydrogen-bond donors (Lipinski definition) is 0. The molecule has 0 spiro atoms. The van der Waals surface area contributed by atoms with Gasteiger partial charge in [-0.15, -0.1) is 0 Å². The van der Waals surface area contributed by atoms with Gasteiger partial charge in [0.1, 0.15) is 18.5 Å². The summed E-state index contributed by atoms with van der Waals surface area (Å²) in [7, 11) is 1.82. The number of aromatic nitrogens is 5. The Bertz CT molecular complexity index is 901. The third-order valence-electron chi connectivity index (χ3n) is 4.76. The van der Waals surface area contributed by atoms with E-state index in [2.05, 4.69) is 15.0 Å². The fourth-order valence-electron chi connectivity index (χ4n) is 3.50. The highest BCUT2D eigenvalue weighted by Gasteiger charge is 2.29. The predicted molar refractivity (Wildman–Crippen MR) is 90.6 cm³/mol. The summed E-state index contributed by atoms with van der Waals surface area (Å²) in [6.45, 7) is 2.68. The number of hydrogen-bond acceptors (Lipinski definition) is 5. The Hall–Kier alpha value is -2.54. The summed E-state index contributed by atoms with van der Waals surface area (Å²) in [5.41, 5.74) is 0.803. The first-order valence-corrected chi connectivity index (χ1v) is 8.26. The van der Waals surface area contributed by atoms with E-state index in [0.29, 0.717) is 5.39 Å². The lowest BCUT2D eigenvalue weighted by Gasteiger charge is -2.25. The van der Waals surface area contributed by atoms with Gasteiger partial charge in [-0.2, -0.15) is 5.10 Å². The highest BCUT2D eigenvalue weighted by atomic mass is 16.1. The Labute approximate surface area is 139 Å². The van der Waals surface area contributed by atoms with Gasteiger partial charge in [0.2, 0.25) is 0 Å². The molecule has 7 nitrogen and oxygen atoms in total. The van der Waals surface area contributed by atoms with Crippen molar-refractivity contribution in [1.82, 2.24) is 29.2 Å². The van der Waals surface area contributed by atoms with Crippen LogP contribution in [-0.2, 0) is 13.6 Å². The maximum atomic E-state index is 12.6. The van der Waals surface area contributed by atoms with Crippen molar-refractivity contribution >= 4 is 10.9 Å². The molecule has 1 unspecified atom stereocenters.